The zero-order valence-electron chi connectivity index (χ0n) is 14.5. The summed E-state index contributed by atoms with van der Waals surface area (Å²) in [6.45, 7) is 4.86. The smallest absolute Gasteiger partial charge is 0.475 e. The summed E-state index contributed by atoms with van der Waals surface area (Å²) in [5.74, 6) is -2.72. The van der Waals surface area contributed by atoms with Crippen LogP contribution in [0, 0.1) is 0 Å². The van der Waals surface area contributed by atoms with Crippen LogP contribution in [0.25, 0.3) is 10.9 Å². The van der Waals surface area contributed by atoms with E-state index in [1.807, 2.05) is 17.2 Å². The number of hydrogen-bond donors (Lipinski definition) is 3. The third-order valence-corrected chi connectivity index (χ3v) is 4.01. The number of halogens is 3. The summed E-state index contributed by atoms with van der Waals surface area (Å²) < 4.78 is 31.7. The number of anilines is 1. The molecule has 0 unspecified atom stereocenters. The van der Waals surface area contributed by atoms with E-state index in [-0.39, 0.29) is 5.91 Å². The summed E-state index contributed by atoms with van der Waals surface area (Å²) in [7, 11) is 0. The van der Waals surface area contributed by atoms with Crippen LogP contribution in [0.5, 0.6) is 0 Å². The van der Waals surface area contributed by atoms with Gasteiger partial charge in [-0.3, -0.25) is 9.89 Å². The Balaban J connectivity index is 0.000000321. The molecule has 1 amide bonds. The molecule has 3 rings (SSSR count). The number of carboxylic acid groups (broad SMARTS) is 1. The molecule has 27 heavy (non-hydrogen) atoms. The topological polar surface area (TPSA) is 116 Å². The predicted molar refractivity (Wildman–Crippen MR) is 92.2 cm³/mol. The second-order valence-electron chi connectivity index (χ2n) is 6.05. The first-order valence-corrected chi connectivity index (χ1v) is 8.12. The van der Waals surface area contributed by atoms with Crippen molar-refractivity contribution >= 4 is 28.5 Å². The molecule has 1 aromatic carbocycles. The van der Waals surface area contributed by atoms with E-state index in [9.17, 15) is 18.0 Å². The average molecular weight is 387 g/mol. The molecule has 2 heterocycles. The fraction of sp³-hybridized carbons (Fsp3) is 0.438. The van der Waals surface area contributed by atoms with Gasteiger partial charge >= 0.3 is 12.1 Å². The lowest BCUT2D eigenvalue weighted by Crippen LogP contribution is -2.52. The molecule has 1 fully saturated rings. The van der Waals surface area contributed by atoms with Gasteiger partial charge in [-0.15, -0.1) is 0 Å². The minimum atomic E-state index is -5.08. The molecule has 0 radical (unpaired) electrons. The van der Waals surface area contributed by atoms with E-state index in [0.29, 0.717) is 0 Å². The second kappa shape index (κ2) is 8.25. The molecule has 1 atom stereocenters. The van der Waals surface area contributed by atoms with Gasteiger partial charge in [-0.1, -0.05) is 0 Å². The molecule has 1 aliphatic rings. The quantitative estimate of drug-likeness (QED) is 0.713. The van der Waals surface area contributed by atoms with Crippen molar-refractivity contribution in [1.29, 1.82) is 0 Å². The van der Waals surface area contributed by atoms with Crippen molar-refractivity contribution in [3.05, 3.63) is 24.4 Å². The van der Waals surface area contributed by atoms with Crippen molar-refractivity contribution in [1.82, 2.24) is 15.1 Å². The molecule has 1 aromatic heterocycles. The molecule has 2 aromatic rings. The normalized spacial score (nSPS) is 15.9. The maximum Gasteiger partial charge on any atom is 0.490 e. The van der Waals surface area contributed by atoms with E-state index in [4.69, 9.17) is 15.6 Å². The second-order valence-corrected chi connectivity index (χ2v) is 6.05. The molecule has 11 heteroatoms. The van der Waals surface area contributed by atoms with Crippen molar-refractivity contribution < 1.29 is 27.9 Å². The number of amides is 1. The van der Waals surface area contributed by atoms with Crippen LogP contribution in [0.1, 0.15) is 6.92 Å². The summed E-state index contributed by atoms with van der Waals surface area (Å²) in [6.07, 6.45) is -3.26. The zero-order valence-corrected chi connectivity index (χ0v) is 14.5. The van der Waals surface area contributed by atoms with E-state index in [0.717, 1.165) is 37.1 Å². The van der Waals surface area contributed by atoms with Crippen molar-refractivity contribution in [3.8, 4) is 0 Å². The number of nitrogens with one attached hydrogen (secondary N) is 1. The third kappa shape index (κ3) is 5.33. The van der Waals surface area contributed by atoms with E-state index in [1.54, 1.807) is 6.92 Å². The first-order valence-electron chi connectivity index (χ1n) is 8.12. The van der Waals surface area contributed by atoms with Crippen molar-refractivity contribution in [2.75, 3.05) is 31.1 Å². The Bertz CT molecular complexity index is 798. The van der Waals surface area contributed by atoms with E-state index < -0.39 is 18.2 Å². The number of aromatic amines is 1. The van der Waals surface area contributed by atoms with Crippen molar-refractivity contribution in [2.45, 2.75) is 19.1 Å². The van der Waals surface area contributed by atoms with Crippen LogP contribution >= 0.6 is 0 Å². The Hall–Kier alpha value is -2.82. The number of benzene rings is 1. The number of nitrogens with zero attached hydrogens (tertiary/aromatic N) is 3. The van der Waals surface area contributed by atoms with Gasteiger partial charge in [0.1, 0.15) is 0 Å². The number of carboxylic acids is 1. The van der Waals surface area contributed by atoms with Crippen LogP contribution in [-0.4, -0.2) is 70.5 Å². The minimum Gasteiger partial charge on any atom is -0.475 e. The van der Waals surface area contributed by atoms with Crippen LogP contribution in [0.15, 0.2) is 24.4 Å². The highest BCUT2D eigenvalue weighted by atomic mass is 19.4. The number of piperazine rings is 1. The van der Waals surface area contributed by atoms with Gasteiger partial charge in [-0.2, -0.15) is 18.3 Å². The minimum absolute atomic E-state index is 0.0370. The Labute approximate surface area is 152 Å². The molecule has 1 saturated heterocycles. The lowest BCUT2D eigenvalue weighted by atomic mass is 10.2. The van der Waals surface area contributed by atoms with Crippen molar-refractivity contribution in [3.63, 3.8) is 0 Å². The average Bonchev–Trinajstić information content (AvgIpc) is 3.08. The first-order chi connectivity index (χ1) is 12.6. The number of carbonyl (C=O) groups is 2. The number of H-pyrrole nitrogens is 1. The maximum absolute atomic E-state index is 11.9. The maximum atomic E-state index is 11.9. The Morgan fingerprint density at radius 1 is 1.26 bits per heavy atom. The third-order valence-electron chi connectivity index (χ3n) is 4.01. The highest BCUT2D eigenvalue weighted by molar-refractivity contribution is 5.83. The molecular weight excluding hydrogens is 367 g/mol. The Morgan fingerprint density at radius 3 is 2.37 bits per heavy atom. The van der Waals surface area contributed by atoms with E-state index in [2.05, 4.69) is 27.2 Å². The van der Waals surface area contributed by atoms with Crippen LogP contribution in [0.2, 0.25) is 0 Å². The van der Waals surface area contributed by atoms with Gasteiger partial charge in [0, 0.05) is 37.3 Å². The first kappa shape index (κ1) is 20.5. The van der Waals surface area contributed by atoms with Crippen LogP contribution in [0.4, 0.5) is 18.9 Å². The molecule has 8 nitrogen and oxygen atoms in total. The number of nitrogens with two attached hydrogens (primary N) is 1. The monoisotopic (exact) mass is 387 g/mol. The molecule has 0 bridgehead atoms. The molecule has 148 valence electrons. The largest absolute Gasteiger partial charge is 0.490 e. The predicted octanol–water partition coefficient (Wildman–Crippen LogP) is 1.19. The number of rotatable bonds is 2. The van der Waals surface area contributed by atoms with Crippen LogP contribution in [0.3, 0.4) is 0 Å². The number of hydrogen-bond acceptors (Lipinski definition) is 5. The molecule has 0 aliphatic carbocycles. The van der Waals surface area contributed by atoms with Gasteiger partial charge in [0.25, 0.3) is 0 Å². The molecule has 0 saturated carbocycles. The summed E-state index contributed by atoms with van der Waals surface area (Å²) in [5, 5.41) is 15.2. The fourth-order valence-electron chi connectivity index (χ4n) is 2.60. The van der Waals surface area contributed by atoms with Gasteiger partial charge in [-0.05, 0) is 25.1 Å². The van der Waals surface area contributed by atoms with Crippen LogP contribution in [-0.2, 0) is 9.59 Å². The molecule has 4 N–H and O–H groups in total. The van der Waals surface area contributed by atoms with Gasteiger partial charge in [-0.25, -0.2) is 4.79 Å². The summed E-state index contributed by atoms with van der Waals surface area (Å²) in [6, 6.07) is 5.84. The number of fused-ring (bicyclic) bond motifs is 1. The summed E-state index contributed by atoms with van der Waals surface area (Å²) >= 11 is 0. The molecule has 1 aliphatic heterocycles. The Kier molecular flexibility index (Phi) is 6.26. The van der Waals surface area contributed by atoms with E-state index in [1.165, 1.54) is 5.69 Å². The molecular formula is C16H20F3N5O3. The number of carbonyl (C=O) groups excluding carboxylic acids is 1. The van der Waals surface area contributed by atoms with Gasteiger partial charge < -0.3 is 20.6 Å². The summed E-state index contributed by atoms with van der Waals surface area (Å²) in [4.78, 5) is 24.9. The SMILES string of the molecule is C[C@@H](N)C(=O)N1CCN(c2ccc3[nH]ncc3c2)CC1.O=C(O)C(F)(F)F. The number of aromatic nitrogens is 2. The highest BCUT2D eigenvalue weighted by Crippen LogP contribution is 2.21. The lowest BCUT2D eigenvalue weighted by molar-refractivity contribution is -0.192. The van der Waals surface area contributed by atoms with Gasteiger partial charge in [0.2, 0.25) is 5.91 Å². The number of alkyl halides is 3. The standard InChI is InChI=1S/C14H19N5O.C2HF3O2/c1-10(15)14(20)19-6-4-18(5-7-19)12-2-3-13-11(8-12)9-16-17-13;3-2(4,5)1(6)7/h2-3,8-10H,4-7,15H2,1H3,(H,16,17);(H,6,7)/t10-;/m1./s1. The summed E-state index contributed by atoms with van der Waals surface area (Å²) in [5.41, 5.74) is 7.86. The van der Waals surface area contributed by atoms with Gasteiger partial charge in [0.05, 0.1) is 17.8 Å². The lowest BCUT2D eigenvalue weighted by Gasteiger charge is -2.36. The van der Waals surface area contributed by atoms with Gasteiger partial charge in [0.15, 0.2) is 0 Å². The molecule has 0 spiro atoms. The fourth-order valence-corrected chi connectivity index (χ4v) is 2.60. The van der Waals surface area contributed by atoms with Crippen LogP contribution < -0.4 is 10.6 Å². The Morgan fingerprint density at radius 2 is 1.85 bits per heavy atom. The van der Waals surface area contributed by atoms with E-state index >= 15 is 0 Å². The number of aliphatic carboxylic acids is 1. The zero-order chi connectivity index (χ0) is 20.2. The highest BCUT2D eigenvalue weighted by Gasteiger charge is 2.38. The van der Waals surface area contributed by atoms with Crippen molar-refractivity contribution in [2.24, 2.45) is 5.73 Å².